The molecule has 0 aromatic heterocycles. The van der Waals surface area contributed by atoms with Crippen molar-refractivity contribution in [2.45, 2.75) is 31.2 Å². The summed E-state index contributed by atoms with van der Waals surface area (Å²) < 4.78 is 33.3. The Hall–Kier alpha value is -3.03. The summed E-state index contributed by atoms with van der Waals surface area (Å²) in [4.78, 5) is 13.2. The molecular formula is C25H27ClN2O4S. The fraction of sp³-hybridized carbons (Fsp3) is 0.240. The second-order valence-corrected chi connectivity index (χ2v) is 9.78. The van der Waals surface area contributed by atoms with Crippen molar-refractivity contribution in [3.05, 3.63) is 88.9 Å². The second-order valence-electron chi connectivity index (χ2n) is 7.51. The van der Waals surface area contributed by atoms with E-state index in [2.05, 4.69) is 5.32 Å². The molecule has 0 aliphatic heterocycles. The Labute approximate surface area is 200 Å². The van der Waals surface area contributed by atoms with Gasteiger partial charge in [0.25, 0.3) is 10.0 Å². The number of rotatable bonds is 9. The van der Waals surface area contributed by atoms with E-state index in [1.54, 1.807) is 50.4 Å². The number of benzene rings is 3. The first kappa shape index (κ1) is 24.6. The minimum absolute atomic E-state index is 0.0966. The van der Waals surface area contributed by atoms with E-state index in [1.165, 1.54) is 12.1 Å². The number of anilines is 1. The van der Waals surface area contributed by atoms with Gasteiger partial charge in [0.2, 0.25) is 5.91 Å². The van der Waals surface area contributed by atoms with Crippen LogP contribution in [0.3, 0.4) is 0 Å². The van der Waals surface area contributed by atoms with Gasteiger partial charge in [-0.15, -0.1) is 0 Å². The predicted octanol–water partition coefficient (Wildman–Crippen LogP) is 5.12. The van der Waals surface area contributed by atoms with Crippen LogP contribution in [-0.4, -0.2) is 28.0 Å². The summed E-state index contributed by atoms with van der Waals surface area (Å²) >= 11 is 6.27. The normalized spacial score (nSPS) is 12.1. The lowest BCUT2D eigenvalue weighted by Gasteiger charge is -2.27. The molecule has 0 fully saturated rings. The SMILES string of the molecule is CC[C@@H](NC(=O)CN(c1cccc(Cl)c1C)S(=O)(=O)c1ccccc1)c1ccc(OC)cc1. The summed E-state index contributed by atoms with van der Waals surface area (Å²) in [6.45, 7) is 3.30. The number of amides is 1. The second kappa shape index (κ2) is 10.7. The van der Waals surface area contributed by atoms with Gasteiger partial charge in [-0.1, -0.05) is 54.9 Å². The van der Waals surface area contributed by atoms with E-state index in [0.29, 0.717) is 22.7 Å². The lowest BCUT2D eigenvalue weighted by atomic mass is 10.0. The van der Waals surface area contributed by atoms with Crippen LogP contribution in [0.15, 0.2) is 77.7 Å². The largest absolute Gasteiger partial charge is 0.497 e. The number of halogens is 1. The number of carbonyl (C=O) groups excluding carboxylic acids is 1. The lowest BCUT2D eigenvalue weighted by molar-refractivity contribution is -0.120. The monoisotopic (exact) mass is 486 g/mol. The molecule has 0 aliphatic rings. The standard InChI is InChI=1S/C25H27ClN2O4S/c1-4-23(19-13-15-20(32-3)16-14-19)27-25(29)17-28(24-12-8-11-22(26)18(24)2)33(30,31)21-9-6-5-7-10-21/h5-16,23H,4,17H2,1-3H3,(H,27,29)/t23-/m1/s1. The van der Waals surface area contributed by atoms with Crippen molar-refractivity contribution in [1.29, 1.82) is 0 Å². The maximum absolute atomic E-state index is 13.5. The van der Waals surface area contributed by atoms with Crippen molar-refractivity contribution < 1.29 is 17.9 Å². The number of hydrogen-bond donors (Lipinski definition) is 1. The van der Waals surface area contributed by atoms with Crippen LogP contribution in [0.2, 0.25) is 5.02 Å². The number of sulfonamides is 1. The Balaban J connectivity index is 1.92. The highest BCUT2D eigenvalue weighted by Gasteiger charge is 2.29. The van der Waals surface area contributed by atoms with Gasteiger partial charge in [0.15, 0.2) is 0 Å². The van der Waals surface area contributed by atoms with Gasteiger partial charge in [-0.25, -0.2) is 8.42 Å². The topological polar surface area (TPSA) is 75.7 Å². The summed E-state index contributed by atoms with van der Waals surface area (Å²) in [6, 6.07) is 20.2. The van der Waals surface area contributed by atoms with E-state index in [0.717, 1.165) is 15.6 Å². The molecule has 8 heteroatoms. The zero-order valence-electron chi connectivity index (χ0n) is 18.8. The zero-order chi connectivity index (χ0) is 24.0. The third kappa shape index (κ3) is 5.67. The molecule has 0 bridgehead atoms. The van der Waals surface area contributed by atoms with Crippen LogP contribution < -0.4 is 14.4 Å². The molecular weight excluding hydrogens is 460 g/mol. The van der Waals surface area contributed by atoms with Crippen LogP contribution in [0.4, 0.5) is 5.69 Å². The molecule has 0 spiro atoms. The Kier molecular flexibility index (Phi) is 8.00. The fourth-order valence-corrected chi connectivity index (χ4v) is 5.18. The quantitative estimate of drug-likeness (QED) is 0.455. The Bertz CT molecular complexity index is 1200. The van der Waals surface area contributed by atoms with Gasteiger partial charge in [-0.05, 0) is 60.9 Å². The minimum atomic E-state index is -4.01. The van der Waals surface area contributed by atoms with E-state index < -0.39 is 15.9 Å². The lowest BCUT2D eigenvalue weighted by Crippen LogP contribution is -2.42. The van der Waals surface area contributed by atoms with Crippen LogP contribution in [0.5, 0.6) is 5.75 Å². The van der Waals surface area contributed by atoms with Gasteiger partial charge in [-0.2, -0.15) is 0 Å². The molecule has 3 aromatic rings. The maximum atomic E-state index is 13.5. The minimum Gasteiger partial charge on any atom is -0.497 e. The van der Waals surface area contributed by atoms with Gasteiger partial charge >= 0.3 is 0 Å². The van der Waals surface area contributed by atoms with Crippen molar-refractivity contribution >= 4 is 33.2 Å². The highest BCUT2D eigenvalue weighted by atomic mass is 35.5. The van der Waals surface area contributed by atoms with Gasteiger partial charge in [-0.3, -0.25) is 9.10 Å². The molecule has 0 radical (unpaired) electrons. The first-order valence-electron chi connectivity index (χ1n) is 10.5. The maximum Gasteiger partial charge on any atom is 0.264 e. The van der Waals surface area contributed by atoms with Crippen LogP contribution in [0.25, 0.3) is 0 Å². The van der Waals surface area contributed by atoms with E-state index in [4.69, 9.17) is 16.3 Å². The number of nitrogens with one attached hydrogen (secondary N) is 1. The number of hydrogen-bond acceptors (Lipinski definition) is 4. The summed E-state index contributed by atoms with van der Waals surface area (Å²) in [5.41, 5.74) is 1.84. The summed E-state index contributed by atoms with van der Waals surface area (Å²) in [5.74, 6) is 0.299. The molecule has 174 valence electrons. The van der Waals surface area contributed by atoms with Crippen molar-refractivity contribution in [2.75, 3.05) is 18.0 Å². The van der Waals surface area contributed by atoms with Crippen molar-refractivity contribution in [3.63, 3.8) is 0 Å². The van der Waals surface area contributed by atoms with Crippen LogP contribution in [0.1, 0.15) is 30.5 Å². The predicted molar refractivity (Wildman–Crippen MR) is 131 cm³/mol. The number of carbonyl (C=O) groups is 1. The molecule has 0 saturated carbocycles. The van der Waals surface area contributed by atoms with Gasteiger partial charge in [0.05, 0.1) is 23.7 Å². The molecule has 0 saturated heterocycles. The molecule has 1 atom stereocenters. The third-order valence-corrected chi connectivity index (χ3v) is 7.57. The summed E-state index contributed by atoms with van der Waals surface area (Å²) in [6.07, 6.45) is 0.639. The number of nitrogens with zero attached hydrogens (tertiary/aromatic N) is 1. The average molecular weight is 487 g/mol. The van der Waals surface area contributed by atoms with Crippen LogP contribution in [0, 0.1) is 6.92 Å². The molecule has 33 heavy (non-hydrogen) atoms. The summed E-state index contributed by atoms with van der Waals surface area (Å²) in [7, 11) is -2.42. The highest BCUT2D eigenvalue weighted by molar-refractivity contribution is 7.92. The first-order valence-corrected chi connectivity index (χ1v) is 12.4. The van der Waals surface area contributed by atoms with Crippen molar-refractivity contribution in [1.82, 2.24) is 5.32 Å². The van der Waals surface area contributed by atoms with E-state index in [9.17, 15) is 13.2 Å². The van der Waals surface area contributed by atoms with Crippen LogP contribution >= 0.6 is 11.6 Å². The van der Waals surface area contributed by atoms with Gasteiger partial charge in [0, 0.05) is 5.02 Å². The van der Waals surface area contributed by atoms with Gasteiger partial charge < -0.3 is 10.1 Å². The third-order valence-electron chi connectivity index (χ3n) is 5.39. The molecule has 0 unspecified atom stereocenters. The van der Waals surface area contributed by atoms with Gasteiger partial charge in [0.1, 0.15) is 12.3 Å². The smallest absolute Gasteiger partial charge is 0.264 e. The Morgan fingerprint density at radius 2 is 1.70 bits per heavy atom. The fourth-order valence-electron chi connectivity index (χ4n) is 3.51. The summed E-state index contributed by atoms with van der Waals surface area (Å²) in [5, 5.41) is 3.38. The average Bonchev–Trinajstić information content (AvgIpc) is 2.83. The number of ether oxygens (including phenoxy) is 1. The molecule has 6 nitrogen and oxygen atoms in total. The first-order chi connectivity index (χ1) is 15.8. The Morgan fingerprint density at radius 3 is 2.30 bits per heavy atom. The van der Waals surface area contributed by atoms with Crippen LogP contribution in [-0.2, 0) is 14.8 Å². The molecule has 3 rings (SSSR count). The number of methoxy groups -OCH3 is 1. The van der Waals surface area contributed by atoms with E-state index in [-0.39, 0.29) is 17.5 Å². The molecule has 1 N–H and O–H groups in total. The molecule has 0 heterocycles. The van der Waals surface area contributed by atoms with Crippen molar-refractivity contribution in [3.8, 4) is 5.75 Å². The molecule has 1 amide bonds. The van der Waals surface area contributed by atoms with E-state index >= 15 is 0 Å². The van der Waals surface area contributed by atoms with E-state index in [1.807, 2.05) is 31.2 Å². The zero-order valence-corrected chi connectivity index (χ0v) is 20.4. The molecule has 0 aliphatic carbocycles. The Morgan fingerprint density at radius 1 is 1.03 bits per heavy atom. The molecule has 3 aromatic carbocycles. The van der Waals surface area contributed by atoms with Crippen molar-refractivity contribution in [2.24, 2.45) is 0 Å². The highest BCUT2D eigenvalue weighted by Crippen LogP contribution is 2.31.